The van der Waals surface area contributed by atoms with E-state index in [1.165, 1.54) is 0 Å². The third kappa shape index (κ3) is 3.32. The molecule has 0 aliphatic rings. The van der Waals surface area contributed by atoms with Crippen molar-refractivity contribution in [3.8, 4) is 0 Å². The van der Waals surface area contributed by atoms with Gasteiger partial charge in [0, 0.05) is 18.8 Å². The SMILES string of the molecule is CCCC(C)N(C)c1nc(C)cc(/C(N)=N/O)n1. The molecule has 0 amide bonds. The lowest BCUT2D eigenvalue weighted by molar-refractivity contribution is 0.318. The number of hydrogen-bond donors (Lipinski definition) is 2. The lowest BCUT2D eigenvalue weighted by Crippen LogP contribution is -2.31. The molecule has 6 heteroatoms. The highest BCUT2D eigenvalue weighted by Gasteiger charge is 2.14. The highest BCUT2D eigenvalue weighted by molar-refractivity contribution is 5.95. The van der Waals surface area contributed by atoms with Crippen molar-refractivity contribution in [2.45, 2.75) is 39.7 Å². The summed E-state index contributed by atoms with van der Waals surface area (Å²) in [6.45, 7) is 6.12. The quantitative estimate of drug-likeness (QED) is 0.358. The Hall–Kier alpha value is -1.85. The summed E-state index contributed by atoms with van der Waals surface area (Å²) in [5.41, 5.74) is 6.79. The summed E-state index contributed by atoms with van der Waals surface area (Å²) in [5, 5.41) is 11.7. The summed E-state index contributed by atoms with van der Waals surface area (Å²) in [5.74, 6) is 0.593. The minimum Gasteiger partial charge on any atom is -0.409 e. The molecule has 6 nitrogen and oxygen atoms in total. The van der Waals surface area contributed by atoms with E-state index in [4.69, 9.17) is 10.9 Å². The molecule has 0 aliphatic heterocycles. The van der Waals surface area contributed by atoms with Crippen molar-refractivity contribution >= 4 is 11.8 Å². The van der Waals surface area contributed by atoms with Gasteiger partial charge in [-0.1, -0.05) is 18.5 Å². The van der Waals surface area contributed by atoms with Crippen LogP contribution in [0.15, 0.2) is 11.2 Å². The molecule has 18 heavy (non-hydrogen) atoms. The Morgan fingerprint density at radius 1 is 1.56 bits per heavy atom. The molecule has 0 spiro atoms. The molecule has 3 N–H and O–H groups in total. The minimum absolute atomic E-state index is 0.00158. The average Bonchev–Trinajstić information content (AvgIpc) is 2.36. The number of rotatable bonds is 5. The normalized spacial score (nSPS) is 13.4. The van der Waals surface area contributed by atoms with Gasteiger partial charge in [0.1, 0.15) is 5.69 Å². The molecule has 0 aliphatic carbocycles. The molecule has 1 aromatic heterocycles. The Balaban J connectivity index is 3.06. The largest absolute Gasteiger partial charge is 0.409 e. The molecule has 1 rings (SSSR count). The third-order valence-corrected chi connectivity index (χ3v) is 2.90. The Labute approximate surface area is 108 Å². The Morgan fingerprint density at radius 2 is 2.22 bits per heavy atom. The molecule has 1 heterocycles. The summed E-state index contributed by atoms with van der Waals surface area (Å²) >= 11 is 0. The second-order valence-corrected chi connectivity index (χ2v) is 4.43. The van der Waals surface area contributed by atoms with Crippen molar-refractivity contribution in [1.29, 1.82) is 0 Å². The van der Waals surface area contributed by atoms with Crippen LogP contribution in [-0.4, -0.2) is 34.1 Å². The van der Waals surface area contributed by atoms with Crippen LogP contribution in [0.25, 0.3) is 0 Å². The van der Waals surface area contributed by atoms with Crippen molar-refractivity contribution in [3.63, 3.8) is 0 Å². The Morgan fingerprint density at radius 3 is 2.78 bits per heavy atom. The maximum Gasteiger partial charge on any atom is 0.226 e. The van der Waals surface area contributed by atoms with Gasteiger partial charge < -0.3 is 15.8 Å². The summed E-state index contributed by atoms with van der Waals surface area (Å²) in [7, 11) is 1.95. The van der Waals surface area contributed by atoms with Gasteiger partial charge >= 0.3 is 0 Å². The zero-order chi connectivity index (χ0) is 13.7. The molecule has 0 radical (unpaired) electrons. The molecule has 1 unspecified atom stereocenters. The maximum absolute atomic E-state index is 8.69. The van der Waals surface area contributed by atoms with E-state index >= 15 is 0 Å². The molecule has 0 bridgehead atoms. The van der Waals surface area contributed by atoms with Crippen molar-refractivity contribution in [3.05, 3.63) is 17.5 Å². The fourth-order valence-corrected chi connectivity index (χ4v) is 1.70. The summed E-state index contributed by atoms with van der Waals surface area (Å²) in [6, 6.07) is 2.04. The lowest BCUT2D eigenvalue weighted by Gasteiger charge is -2.25. The van der Waals surface area contributed by atoms with Gasteiger partial charge in [0.15, 0.2) is 5.84 Å². The minimum atomic E-state index is -0.00158. The molecule has 1 aromatic rings. The fraction of sp³-hybridized carbons (Fsp3) is 0.583. The topological polar surface area (TPSA) is 87.6 Å². The van der Waals surface area contributed by atoms with E-state index in [9.17, 15) is 0 Å². The summed E-state index contributed by atoms with van der Waals surface area (Å²) < 4.78 is 0. The first-order valence-corrected chi connectivity index (χ1v) is 6.06. The van der Waals surface area contributed by atoms with E-state index in [0.29, 0.717) is 17.7 Å². The molecule has 0 fully saturated rings. The monoisotopic (exact) mass is 251 g/mol. The smallest absolute Gasteiger partial charge is 0.226 e. The van der Waals surface area contributed by atoms with Crippen LogP contribution in [0.3, 0.4) is 0 Å². The number of oxime groups is 1. The second kappa shape index (κ2) is 6.18. The van der Waals surface area contributed by atoms with Gasteiger partial charge in [-0.05, 0) is 26.3 Å². The van der Waals surface area contributed by atoms with Crippen LogP contribution in [0.2, 0.25) is 0 Å². The van der Waals surface area contributed by atoms with E-state index in [1.54, 1.807) is 6.07 Å². The van der Waals surface area contributed by atoms with Gasteiger partial charge in [-0.2, -0.15) is 0 Å². The summed E-state index contributed by atoms with van der Waals surface area (Å²) in [4.78, 5) is 10.7. The summed E-state index contributed by atoms with van der Waals surface area (Å²) in [6.07, 6.45) is 2.16. The van der Waals surface area contributed by atoms with E-state index in [2.05, 4.69) is 29.0 Å². The predicted octanol–water partition coefficient (Wildman–Crippen LogP) is 1.50. The van der Waals surface area contributed by atoms with Gasteiger partial charge in [-0.25, -0.2) is 9.97 Å². The van der Waals surface area contributed by atoms with E-state index in [-0.39, 0.29) is 5.84 Å². The van der Waals surface area contributed by atoms with Crippen molar-refractivity contribution < 1.29 is 5.21 Å². The van der Waals surface area contributed by atoms with Crippen LogP contribution in [0.1, 0.15) is 38.1 Å². The Bertz CT molecular complexity index is 432. The number of aryl methyl sites for hydroxylation is 1. The average molecular weight is 251 g/mol. The number of amidine groups is 1. The number of aromatic nitrogens is 2. The van der Waals surface area contributed by atoms with Crippen LogP contribution >= 0.6 is 0 Å². The first-order chi connectivity index (χ1) is 8.49. The van der Waals surface area contributed by atoms with Gasteiger partial charge in [0.25, 0.3) is 0 Å². The molecular weight excluding hydrogens is 230 g/mol. The van der Waals surface area contributed by atoms with E-state index < -0.39 is 0 Å². The van der Waals surface area contributed by atoms with Crippen LogP contribution < -0.4 is 10.6 Å². The van der Waals surface area contributed by atoms with Gasteiger partial charge in [0.05, 0.1) is 0 Å². The number of nitrogens with zero attached hydrogens (tertiary/aromatic N) is 4. The van der Waals surface area contributed by atoms with E-state index in [1.807, 2.05) is 18.9 Å². The second-order valence-electron chi connectivity index (χ2n) is 4.43. The first kappa shape index (κ1) is 14.2. The van der Waals surface area contributed by atoms with Crippen molar-refractivity contribution in [1.82, 2.24) is 9.97 Å². The molecular formula is C12H21N5O. The number of hydrogen-bond acceptors (Lipinski definition) is 5. The predicted molar refractivity (Wildman–Crippen MR) is 72.1 cm³/mol. The molecule has 0 saturated carbocycles. The van der Waals surface area contributed by atoms with E-state index in [0.717, 1.165) is 18.5 Å². The van der Waals surface area contributed by atoms with Gasteiger partial charge in [-0.15, -0.1) is 0 Å². The standard InChI is InChI=1S/C12H21N5O/c1-5-6-9(3)17(4)12-14-8(2)7-10(15-12)11(13)16-18/h7,9,18H,5-6H2,1-4H3,(H2,13,16). The van der Waals surface area contributed by atoms with Crippen LogP contribution in [0.4, 0.5) is 5.95 Å². The fourth-order valence-electron chi connectivity index (χ4n) is 1.70. The lowest BCUT2D eigenvalue weighted by atomic mass is 10.2. The number of anilines is 1. The third-order valence-electron chi connectivity index (χ3n) is 2.90. The highest BCUT2D eigenvalue weighted by Crippen LogP contribution is 2.14. The van der Waals surface area contributed by atoms with Crippen LogP contribution in [-0.2, 0) is 0 Å². The van der Waals surface area contributed by atoms with Crippen LogP contribution in [0.5, 0.6) is 0 Å². The maximum atomic E-state index is 8.69. The van der Waals surface area contributed by atoms with Crippen LogP contribution in [0, 0.1) is 6.92 Å². The van der Waals surface area contributed by atoms with Crippen molar-refractivity contribution in [2.75, 3.05) is 11.9 Å². The molecule has 1 atom stereocenters. The zero-order valence-corrected chi connectivity index (χ0v) is 11.4. The first-order valence-electron chi connectivity index (χ1n) is 6.06. The van der Waals surface area contributed by atoms with Crippen molar-refractivity contribution in [2.24, 2.45) is 10.9 Å². The Kier molecular flexibility index (Phi) is 4.88. The number of nitrogens with two attached hydrogens (primary N) is 1. The molecule has 0 saturated heterocycles. The zero-order valence-electron chi connectivity index (χ0n) is 11.4. The molecule has 0 aromatic carbocycles. The van der Waals surface area contributed by atoms with Gasteiger partial charge in [-0.3, -0.25) is 0 Å². The highest BCUT2D eigenvalue weighted by atomic mass is 16.4. The van der Waals surface area contributed by atoms with Gasteiger partial charge in [0.2, 0.25) is 5.95 Å². The molecule has 100 valence electrons.